The third-order valence-electron chi connectivity index (χ3n) is 2.72. The molecule has 0 spiro atoms. The maximum atomic E-state index is 5.01. The Kier molecular flexibility index (Phi) is 6.93. The Balaban J connectivity index is 2.27. The van der Waals surface area contributed by atoms with Gasteiger partial charge >= 0.3 is 0 Å². The summed E-state index contributed by atoms with van der Waals surface area (Å²) in [5.41, 5.74) is 1.35. The molecule has 0 aliphatic heterocycles. The molecule has 1 heterocycles. The van der Waals surface area contributed by atoms with E-state index in [9.17, 15) is 0 Å². The van der Waals surface area contributed by atoms with Crippen LogP contribution in [0.25, 0.3) is 0 Å². The Hall–Kier alpha value is -0.840. The zero-order valence-electron chi connectivity index (χ0n) is 11.3. The molecular weight excluding hydrogens is 214 g/mol. The molecule has 17 heavy (non-hydrogen) atoms. The van der Waals surface area contributed by atoms with Gasteiger partial charge in [-0.05, 0) is 39.2 Å². The lowest BCUT2D eigenvalue weighted by atomic mass is 10.3. The number of hydrogen-bond donors (Lipinski definition) is 1. The number of rotatable bonds is 9. The monoisotopic (exact) mass is 239 g/mol. The molecule has 0 atom stereocenters. The summed E-state index contributed by atoms with van der Waals surface area (Å²) < 4.78 is 7.33. The van der Waals surface area contributed by atoms with Gasteiger partial charge in [0, 0.05) is 38.6 Å². The highest BCUT2D eigenvalue weighted by Gasteiger charge is 2.00. The lowest BCUT2D eigenvalue weighted by Gasteiger charge is -2.12. The summed E-state index contributed by atoms with van der Waals surface area (Å²) in [6.07, 6.45) is 3.34. The van der Waals surface area contributed by atoms with Gasteiger partial charge in [-0.15, -0.1) is 0 Å². The first-order valence-corrected chi connectivity index (χ1v) is 6.22. The van der Waals surface area contributed by atoms with E-state index in [0.29, 0.717) is 0 Å². The van der Waals surface area contributed by atoms with E-state index < -0.39 is 0 Å². The molecular formula is C13H25N3O. The molecule has 0 amide bonds. The number of methoxy groups -OCH3 is 1. The van der Waals surface area contributed by atoms with Crippen LogP contribution in [0.2, 0.25) is 0 Å². The first kappa shape index (κ1) is 14.2. The van der Waals surface area contributed by atoms with E-state index >= 15 is 0 Å². The van der Waals surface area contributed by atoms with Crippen molar-refractivity contribution in [1.82, 2.24) is 14.8 Å². The SMILES string of the molecule is COCCNCc1cccn1CCCN(C)C. The summed E-state index contributed by atoms with van der Waals surface area (Å²) in [6, 6.07) is 4.29. The number of hydrogen-bond acceptors (Lipinski definition) is 3. The van der Waals surface area contributed by atoms with Gasteiger partial charge in [0.15, 0.2) is 0 Å². The van der Waals surface area contributed by atoms with E-state index in [1.807, 2.05) is 0 Å². The van der Waals surface area contributed by atoms with Crippen LogP contribution in [0.1, 0.15) is 12.1 Å². The van der Waals surface area contributed by atoms with E-state index in [-0.39, 0.29) is 0 Å². The summed E-state index contributed by atoms with van der Waals surface area (Å²) in [5.74, 6) is 0. The van der Waals surface area contributed by atoms with E-state index in [1.54, 1.807) is 7.11 Å². The molecule has 4 heteroatoms. The van der Waals surface area contributed by atoms with Crippen molar-refractivity contribution in [2.24, 2.45) is 0 Å². The van der Waals surface area contributed by atoms with Crippen molar-refractivity contribution in [3.63, 3.8) is 0 Å². The fraction of sp³-hybridized carbons (Fsp3) is 0.692. The van der Waals surface area contributed by atoms with Crippen LogP contribution >= 0.6 is 0 Å². The standard InChI is InChI=1S/C13H25N3O/c1-15(2)8-5-10-16-9-4-6-13(16)12-14-7-11-17-3/h4,6,9,14H,5,7-8,10-12H2,1-3H3. The van der Waals surface area contributed by atoms with Crippen LogP contribution in [-0.4, -0.2) is 50.4 Å². The molecule has 0 aromatic carbocycles. The predicted molar refractivity (Wildman–Crippen MR) is 71.2 cm³/mol. The number of nitrogens with one attached hydrogen (secondary N) is 1. The van der Waals surface area contributed by atoms with Crippen molar-refractivity contribution in [2.45, 2.75) is 19.5 Å². The van der Waals surface area contributed by atoms with Crippen molar-refractivity contribution in [3.05, 3.63) is 24.0 Å². The van der Waals surface area contributed by atoms with Crippen molar-refractivity contribution < 1.29 is 4.74 Å². The van der Waals surface area contributed by atoms with Gasteiger partial charge in [-0.1, -0.05) is 0 Å². The van der Waals surface area contributed by atoms with Crippen LogP contribution in [0, 0.1) is 0 Å². The molecule has 1 N–H and O–H groups in total. The number of nitrogens with zero attached hydrogens (tertiary/aromatic N) is 2. The largest absolute Gasteiger partial charge is 0.383 e. The van der Waals surface area contributed by atoms with Crippen LogP contribution in [0.15, 0.2) is 18.3 Å². The number of aromatic nitrogens is 1. The molecule has 0 saturated heterocycles. The van der Waals surface area contributed by atoms with E-state index in [1.165, 1.54) is 12.1 Å². The van der Waals surface area contributed by atoms with Gasteiger partial charge in [0.05, 0.1) is 6.61 Å². The Morgan fingerprint density at radius 3 is 2.94 bits per heavy atom. The Labute approximate surface area is 105 Å². The van der Waals surface area contributed by atoms with Crippen molar-refractivity contribution in [2.75, 3.05) is 40.9 Å². The molecule has 1 aromatic heterocycles. The van der Waals surface area contributed by atoms with Crippen molar-refractivity contribution >= 4 is 0 Å². The first-order chi connectivity index (χ1) is 8.24. The van der Waals surface area contributed by atoms with Crippen molar-refractivity contribution in [3.8, 4) is 0 Å². The molecule has 0 fully saturated rings. The Morgan fingerprint density at radius 1 is 1.41 bits per heavy atom. The van der Waals surface area contributed by atoms with Gasteiger partial charge in [-0.25, -0.2) is 0 Å². The van der Waals surface area contributed by atoms with Crippen LogP contribution < -0.4 is 5.32 Å². The molecule has 98 valence electrons. The first-order valence-electron chi connectivity index (χ1n) is 6.22. The second kappa shape index (κ2) is 8.28. The highest BCUT2D eigenvalue weighted by Crippen LogP contribution is 2.03. The average Bonchev–Trinajstić information content (AvgIpc) is 2.72. The van der Waals surface area contributed by atoms with Crippen LogP contribution in [0.3, 0.4) is 0 Å². The Morgan fingerprint density at radius 2 is 2.24 bits per heavy atom. The summed E-state index contributed by atoms with van der Waals surface area (Å²) in [7, 11) is 5.96. The van der Waals surface area contributed by atoms with Gasteiger partial charge in [-0.3, -0.25) is 0 Å². The molecule has 0 unspecified atom stereocenters. The second-order valence-corrected chi connectivity index (χ2v) is 4.52. The predicted octanol–water partition coefficient (Wildman–Crippen LogP) is 1.18. The number of ether oxygens (including phenoxy) is 1. The van der Waals surface area contributed by atoms with E-state index in [4.69, 9.17) is 4.74 Å². The lowest BCUT2D eigenvalue weighted by Crippen LogP contribution is -2.21. The molecule has 0 aliphatic rings. The molecule has 0 aliphatic carbocycles. The van der Waals surface area contributed by atoms with Gasteiger partial charge in [-0.2, -0.15) is 0 Å². The van der Waals surface area contributed by atoms with Gasteiger partial charge in [0.25, 0.3) is 0 Å². The highest BCUT2D eigenvalue weighted by molar-refractivity contribution is 5.06. The molecule has 0 bridgehead atoms. The fourth-order valence-corrected chi connectivity index (χ4v) is 1.78. The minimum Gasteiger partial charge on any atom is -0.383 e. The number of aryl methyl sites for hydroxylation is 1. The summed E-state index contributed by atoms with van der Waals surface area (Å²) in [5, 5.41) is 3.37. The smallest absolute Gasteiger partial charge is 0.0587 e. The van der Waals surface area contributed by atoms with Crippen LogP contribution in [0.5, 0.6) is 0 Å². The maximum absolute atomic E-state index is 5.01. The zero-order valence-corrected chi connectivity index (χ0v) is 11.3. The van der Waals surface area contributed by atoms with Crippen molar-refractivity contribution in [1.29, 1.82) is 0 Å². The third-order valence-corrected chi connectivity index (χ3v) is 2.72. The lowest BCUT2D eigenvalue weighted by molar-refractivity contribution is 0.199. The molecule has 0 saturated carbocycles. The van der Waals surface area contributed by atoms with Gasteiger partial charge in [0.1, 0.15) is 0 Å². The summed E-state index contributed by atoms with van der Waals surface area (Å²) in [6.45, 7) is 4.81. The quantitative estimate of drug-likeness (QED) is 0.656. The van der Waals surface area contributed by atoms with Gasteiger partial charge < -0.3 is 19.5 Å². The van der Waals surface area contributed by atoms with E-state index in [0.717, 1.165) is 32.8 Å². The van der Waals surface area contributed by atoms with Crippen LogP contribution in [0.4, 0.5) is 0 Å². The minimum atomic E-state index is 0.765. The molecule has 0 radical (unpaired) electrons. The molecule has 1 rings (SSSR count). The maximum Gasteiger partial charge on any atom is 0.0587 e. The van der Waals surface area contributed by atoms with Crippen LogP contribution in [-0.2, 0) is 17.8 Å². The summed E-state index contributed by atoms with van der Waals surface area (Å²) in [4.78, 5) is 2.22. The fourth-order valence-electron chi connectivity index (χ4n) is 1.78. The Bertz CT molecular complexity index is 297. The molecule has 4 nitrogen and oxygen atoms in total. The second-order valence-electron chi connectivity index (χ2n) is 4.52. The minimum absolute atomic E-state index is 0.765. The summed E-state index contributed by atoms with van der Waals surface area (Å²) >= 11 is 0. The average molecular weight is 239 g/mol. The normalized spacial score (nSPS) is 11.3. The third kappa shape index (κ3) is 5.86. The molecule has 1 aromatic rings. The van der Waals surface area contributed by atoms with Gasteiger partial charge in [0.2, 0.25) is 0 Å². The van der Waals surface area contributed by atoms with E-state index in [2.05, 4.69) is 47.2 Å². The topological polar surface area (TPSA) is 29.4 Å². The zero-order chi connectivity index (χ0) is 12.5. The highest BCUT2D eigenvalue weighted by atomic mass is 16.5.